The Morgan fingerprint density at radius 2 is 2.33 bits per heavy atom. The zero-order valence-electron chi connectivity index (χ0n) is 8.74. The van der Waals surface area contributed by atoms with Crippen molar-refractivity contribution < 1.29 is 4.79 Å². The Hall–Kier alpha value is -0.740. The molecule has 1 saturated heterocycles. The minimum Gasteiger partial charge on any atom is -0.317 e. The van der Waals surface area contributed by atoms with Gasteiger partial charge in [-0.05, 0) is 31.8 Å². The summed E-state index contributed by atoms with van der Waals surface area (Å²) >= 11 is 1.57. The first-order valence-electron chi connectivity index (χ1n) is 5.45. The number of carbonyl (C=O) groups is 1. The molecular weight excluding hydrogens is 208 g/mol. The van der Waals surface area contributed by atoms with Gasteiger partial charge in [-0.15, -0.1) is 11.3 Å². The van der Waals surface area contributed by atoms with Crippen molar-refractivity contribution in [3.05, 3.63) is 16.6 Å². The van der Waals surface area contributed by atoms with Gasteiger partial charge < -0.3 is 5.32 Å². The van der Waals surface area contributed by atoms with Gasteiger partial charge in [0.2, 0.25) is 0 Å². The van der Waals surface area contributed by atoms with Gasteiger partial charge in [0.05, 0.1) is 11.4 Å². The molecule has 2 heterocycles. The van der Waals surface area contributed by atoms with Crippen LogP contribution in [0.15, 0.2) is 11.6 Å². The van der Waals surface area contributed by atoms with Gasteiger partial charge in [-0.1, -0.05) is 0 Å². The fraction of sp³-hybridized carbons (Fsp3) is 0.636. The highest BCUT2D eigenvalue weighted by Crippen LogP contribution is 2.17. The third-order valence-corrected chi connectivity index (χ3v) is 3.59. The smallest absolute Gasteiger partial charge is 0.139 e. The van der Waals surface area contributed by atoms with E-state index in [4.69, 9.17) is 0 Å². The normalized spacial score (nSPS) is 17.9. The van der Waals surface area contributed by atoms with Crippen LogP contribution in [0.25, 0.3) is 0 Å². The second kappa shape index (κ2) is 5.37. The molecule has 0 unspecified atom stereocenters. The van der Waals surface area contributed by atoms with Gasteiger partial charge in [-0.25, -0.2) is 4.98 Å². The van der Waals surface area contributed by atoms with Crippen LogP contribution < -0.4 is 5.32 Å². The van der Waals surface area contributed by atoms with E-state index in [0.29, 0.717) is 18.1 Å². The molecule has 1 aromatic heterocycles. The molecule has 1 fully saturated rings. The van der Waals surface area contributed by atoms with E-state index in [1.54, 1.807) is 17.5 Å². The number of piperidine rings is 1. The van der Waals surface area contributed by atoms with E-state index < -0.39 is 0 Å². The Labute approximate surface area is 93.9 Å². The molecule has 0 spiro atoms. The molecule has 82 valence electrons. The van der Waals surface area contributed by atoms with Crippen molar-refractivity contribution >= 4 is 17.1 Å². The molecule has 0 atom stereocenters. The number of hydrogen-bond donors (Lipinski definition) is 1. The van der Waals surface area contributed by atoms with E-state index in [1.807, 2.05) is 5.38 Å². The molecule has 2 rings (SSSR count). The fourth-order valence-corrected chi connectivity index (χ4v) is 2.63. The van der Waals surface area contributed by atoms with Crippen molar-refractivity contribution in [2.75, 3.05) is 13.1 Å². The molecule has 3 nitrogen and oxygen atoms in total. The first-order valence-corrected chi connectivity index (χ1v) is 6.33. The molecule has 0 radical (unpaired) electrons. The van der Waals surface area contributed by atoms with Gasteiger partial charge >= 0.3 is 0 Å². The monoisotopic (exact) mass is 224 g/mol. The van der Waals surface area contributed by atoms with Crippen LogP contribution in [0.5, 0.6) is 0 Å². The van der Waals surface area contributed by atoms with Gasteiger partial charge in [-0.3, -0.25) is 4.79 Å². The van der Waals surface area contributed by atoms with Crippen molar-refractivity contribution in [2.24, 2.45) is 5.92 Å². The summed E-state index contributed by atoms with van der Waals surface area (Å²) in [5.41, 5.74) is 0. The summed E-state index contributed by atoms with van der Waals surface area (Å²) < 4.78 is 0. The molecule has 0 amide bonds. The van der Waals surface area contributed by atoms with Crippen molar-refractivity contribution in [1.82, 2.24) is 10.3 Å². The highest BCUT2D eigenvalue weighted by Gasteiger charge is 2.17. The molecule has 1 aliphatic rings. The number of nitrogens with one attached hydrogen (secondary N) is 1. The largest absolute Gasteiger partial charge is 0.317 e. The van der Waals surface area contributed by atoms with Crippen LogP contribution in [0.1, 0.15) is 24.3 Å². The molecule has 4 heteroatoms. The standard InChI is InChI=1S/C11H16N2OS/c14-10(8-11-13-5-6-15-11)7-9-1-3-12-4-2-9/h5-6,9,12H,1-4,7-8H2. The van der Waals surface area contributed by atoms with Crippen LogP contribution in [-0.4, -0.2) is 23.9 Å². The molecule has 15 heavy (non-hydrogen) atoms. The Balaban J connectivity index is 1.76. The molecule has 1 aliphatic heterocycles. The highest BCUT2D eigenvalue weighted by molar-refractivity contribution is 7.09. The summed E-state index contributed by atoms with van der Waals surface area (Å²) in [5, 5.41) is 6.19. The van der Waals surface area contributed by atoms with Crippen molar-refractivity contribution in [3.63, 3.8) is 0 Å². The number of rotatable bonds is 4. The van der Waals surface area contributed by atoms with E-state index in [9.17, 15) is 4.79 Å². The lowest BCUT2D eigenvalue weighted by atomic mass is 9.92. The Morgan fingerprint density at radius 3 is 3.00 bits per heavy atom. The summed E-state index contributed by atoms with van der Waals surface area (Å²) in [6.07, 6.45) is 5.31. The van der Waals surface area contributed by atoms with E-state index in [0.717, 1.165) is 37.4 Å². The zero-order chi connectivity index (χ0) is 10.5. The Kier molecular flexibility index (Phi) is 3.86. The third-order valence-electron chi connectivity index (χ3n) is 2.81. The number of hydrogen-bond acceptors (Lipinski definition) is 4. The van der Waals surface area contributed by atoms with Crippen LogP contribution in [-0.2, 0) is 11.2 Å². The van der Waals surface area contributed by atoms with Crippen LogP contribution >= 0.6 is 11.3 Å². The number of ketones is 1. The molecule has 1 aromatic rings. The first kappa shape index (κ1) is 10.8. The van der Waals surface area contributed by atoms with Crippen molar-refractivity contribution in [3.8, 4) is 0 Å². The lowest BCUT2D eigenvalue weighted by Gasteiger charge is -2.21. The average Bonchev–Trinajstić information content (AvgIpc) is 2.71. The lowest BCUT2D eigenvalue weighted by molar-refractivity contribution is -0.119. The minimum atomic E-state index is 0.344. The van der Waals surface area contributed by atoms with E-state index in [2.05, 4.69) is 10.3 Å². The maximum absolute atomic E-state index is 11.7. The van der Waals surface area contributed by atoms with Gasteiger partial charge in [-0.2, -0.15) is 0 Å². The Bertz CT molecular complexity index is 304. The number of Topliss-reactive ketones (excluding diaryl/α,β-unsaturated/α-hetero) is 1. The lowest BCUT2D eigenvalue weighted by Crippen LogP contribution is -2.29. The van der Waals surface area contributed by atoms with Crippen LogP contribution in [0.2, 0.25) is 0 Å². The maximum atomic E-state index is 11.7. The molecule has 0 aliphatic carbocycles. The second-order valence-corrected chi connectivity index (χ2v) is 5.02. The Morgan fingerprint density at radius 1 is 1.53 bits per heavy atom. The quantitative estimate of drug-likeness (QED) is 0.845. The molecule has 0 bridgehead atoms. The molecule has 1 N–H and O–H groups in total. The number of carbonyl (C=O) groups excluding carboxylic acids is 1. The van der Waals surface area contributed by atoms with Gasteiger partial charge in [0.15, 0.2) is 0 Å². The first-order chi connectivity index (χ1) is 7.34. The predicted molar refractivity (Wildman–Crippen MR) is 61.0 cm³/mol. The van der Waals surface area contributed by atoms with E-state index in [1.165, 1.54) is 0 Å². The summed E-state index contributed by atoms with van der Waals surface area (Å²) in [5.74, 6) is 0.940. The second-order valence-electron chi connectivity index (χ2n) is 4.04. The SMILES string of the molecule is O=C(Cc1nccs1)CC1CCNCC1. The third kappa shape index (κ3) is 3.39. The van der Waals surface area contributed by atoms with Crippen LogP contribution in [0, 0.1) is 5.92 Å². The highest BCUT2D eigenvalue weighted by atomic mass is 32.1. The molecule has 0 aromatic carbocycles. The van der Waals surface area contributed by atoms with Gasteiger partial charge in [0.1, 0.15) is 5.78 Å². The average molecular weight is 224 g/mol. The van der Waals surface area contributed by atoms with E-state index in [-0.39, 0.29) is 0 Å². The summed E-state index contributed by atoms with van der Waals surface area (Å²) in [7, 11) is 0. The van der Waals surface area contributed by atoms with Gasteiger partial charge in [0.25, 0.3) is 0 Å². The molecule has 0 saturated carbocycles. The maximum Gasteiger partial charge on any atom is 0.139 e. The predicted octanol–water partition coefficient (Wildman–Crippen LogP) is 1.64. The van der Waals surface area contributed by atoms with Crippen LogP contribution in [0.3, 0.4) is 0 Å². The zero-order valence-corrected chi connectivity index (χ0v) is 9.55. The van der Waals surface area contributed by atoms with Crippen molar-refractivity contribution in [1.29, 1.82) is 0 Å². The topological polar surface area (TPSA) is 42.0 Å². The summed E-state index contributed by atoms with van der Waals surface area (Å²) in [6.45, 7) is 2.13. The van der Waals surface area contributed by atoms with Crippen molar-refractivity contribution in [2.45, 2.75) is 25.7 Å². The molecular formula is C11H16N2OS. The number of thiazole rings is 1. The number of nitrogens with zero attached hydrogens (tertiary/aromatic N) is 1. The van der Waals surface area contributed by atoms with Crippen LogP contribution in [0.4, 0.5) is 0 Å². The fourth-order valence-electron chi connectivity index (χ4n) is 1.99. The van der Waals surface area contributed by atoms with Gasteiger partial charge in [0, 0.05) is 18.0 Å². The minimum absolute atomic E-state index is 0.344. The van der Waals surface area contributed by atoms with E-state index >= 15 is 0 Å². The summed E-state index contributed by atoms with van der Waals surface area (Å²) in [4.78, 5) is 15.9. The number of aromatic nitrogens is 1. The summed E-state index contributed by atoms with van der Waals surface area (Å²) in [6, 6.07) is 0.